The third-order valence-corrected chi connectivity index (χ3v) is 3.00. The molecule has 6 nitrogen and oxygen atoms in total. The highest BCUT2D eigenvalue weighted by Crippen LogP contribution is 2.13. The summed E-state index contributed by atoms with van der Waals surface area (Å²) < 4.78 is 5.56. The molecule has 0 unspecified atom stereocenters. The molecule has 19 heavy (non-hydrogen) atoms. The lowest BCUT2D eigenvalue weighted by atomic mass is 10.1. The van der Waals surface area contributed by atoms with E-state index in [-0.39, 0.29) is 6.03 Å². The van der Waals surface area contributed by atoms with Gasteiger partial charge in [0.1, 0.15) is 12.4 Å². The van der Waals surface area contributed by atoms with Crippen molar-refractivity contribution in [1.82, 2.24) is 10.2 Å². The Bertz CT molecular complexity index is 471. The molecule has 0 atom stereocenters. The number of carbonyl (C=O) groups excluding carboxylic acids is 1. The molecule has 1 aromatic carbocycles. The molecule has 6 heteroatoms. The molecule has 1 saturated heterocycles. The average Bonchev–Trinajstić information content (AvgIpc) is 2.84. The number of oxime groups is 1. The Morgan fingerprint density at radius 1 is 1.47 bits per heavy atom. The standard InChI is InChI=1S/C13H17N3O3/c1-10(15-18)11-2-4-12(5-3-11)19-9-8-16-7-6-14-13(16)17/h2-5,18H,6-9H2,1H3,(H,14,17)/b15-10+. The molecule has 0 saturated carbocycles. The van der Waals surface area contributed by atoms with Gasteiger partial charge in [0.05, 0.1) is 12.3 Å². The number of carbonyl (C=O) groups is 1. The van der Waals surface area contributed by atoms with E-state index in [1.54, 1.807) is 11.8 Å². The van der Waals surface area contributed by atoms with Gasteiger partial charge in [0.25, 0.3) is 0 Å². The number of nitrogens with one attached hydrogen (secondary N) is 1. The van der Waals surface area contributed by atoms with E-state index in [0.717, 1.165) is 17.9 Å². The molecule has 1 aromatic rings. The van der Waals surface area contributed by atoms with E-state index in [1.165, 1.54) is 0 Å². The number of urea groups is 1. The molecule has 1 aliphatic heterocycles. The molecule has 0 aliphatic carbocycles. The van der Waals surface area contributed by atoms with Crippen LogP contribution in [0.4, 0.5) is 4.79 Å². The van der Waals surface area contributed by atoms with Crippen LogP contribution in [0.2, 0.25) is 0 Å². The summed E-state index contributed by atoms with van der Waals surface area (Å²) in [5.74, 6) is 0.731. The van der Waals surface area contributed by atoms with Crippen molar-refractivity contribution in [3.8, 4) is 5.75 Å². The van der Waals surface area contributed by atoms with Crippen molar-refractivity contribution in [2.75, 3.05) is 26.2 Å². The van der Waals surface area contributed by atoms with Gasteiger partial charge in [-0.3, -0.25) is 0 Å². The Balaban J connectivity index is 1.81. The molecule has 0 aromatic heterocycles. The lowest BCUT2D eigenvalue weighted by molar-refractivity contribution is 0.202. The van der Waals surface area contributed by atoms with Gasteiger partial charge in [-0.1, -0.05) is 5.16 Å². The number of nitrogens with zero attached hydrogens (tertiary/aromatic N) is 2. The van der Waals surface area contributed by atoms with E-state index in [1.807, 2.05) is 24.3 Å². The van der Waals surface area contributed by atoms with Crippen molar-refractivity contribution in [3.05, 3.63) is 29.8 Å². The Labute approximate surface area is 111 Å². The minimum atomic E-state index is -0.0336. The summed E-state index contributed by atoms with van der Waals surface area (Å²) in [7, 11) is 0. The fourth-order valence-electron chi connectivity index (χ4n) is 1.85. The summed E-state index contributed by atoms with van der Waals surface area (Å²) in [4.78, 5) is 13.0. The molecule has 0 bridgehead atoms. The maximum atomic E-state index is 11.3. The number of benzene rings is 1. The van der Waals surface area contributed by atoms with Gasteiger partial charge in [-0.25, -0.2) is 4.79 Å². The average molecular weight is 263 g/mol. The zero-order valence-corrected chi connectivity index (χ0v) is 10.8. The minimum absolute atomic E-state index is 0.0336. The van der Waals surface area contributed by atoms with E-state index < -0.39 is 0 Å². The minimum Gasteiger partial charge on any atom is -0.492 e. The van der Waals surface area contributed by atoms with Crippen LogP contribution in [0.5, 0.6) is 5.75 Å². The van der Waals surface area contributed by atoms with Gasteiger partial charge in [-0.05, 0) is 36.8 Å². The summed E-state index contributed by atoms with van der Waals surface area (Å²) in [6.07, 6.45) is 0. The third-order valence-electron chi connectivity index (χ3n) is 3.00. The Kier molecular flexibility index (Phi) is 4.22. The second-order valence-corrected chi connectivity index (χ2v) is 4.28. The molecule has 2 amide bonds. The molecular weight excluding hydrogens is 246 g/mol. The van der Waals surface area contributed by atoms with Crippen molar-refractivity contribution in [2.45, 2.75) is 6.92 Å². The highest BCUT2D eigenvalue weighted by molar-refractivity contribution is 5.98. The molecule has 2 rings (SSSR count). The maximum absolute atomic E-state index is 11.3. The van der Waals surface area contributed by atoms with Crippen molar-refractivity contribution < 1.29 is 14.7 Å². The van der Waals surface area contributed by atoms with E-state index in [2.05, 4.69) is 10.5 Å². The van der Waals surface area contributed by atoms with Crippen LogP contribution in [0.15, 0.2) is 29.4 Å². The van der Waals surface area contributed by atoms with Gasteiger partial charge in [-0.15, -0.1) is 0 Å². The van der Waals surface area contributed by atoms with Crippen LogP contribution in [0.3, 0.4) is 0 Å². The predicted molar refractivity (Wildman–Crippen MR) is 70.9 cm³/mol. The molecule has 1 aliphatic rings. The molecule has 0 spiro atoms. The zero-order chi connectivity index (χ0) is 13.7. The maximum Gasteiger partial charge on any atom is 0.317 e. The van der Waals surface area contributed by atoms with Gasteiger partial charge in [0.15, 0.2) is 0 Å². The fraction of sp³-hybridized carbons (Fsp3) is 0.385. The van der Waals surface area contributed by atoms with E-state index in [0.29, 0.717) is 25.4 Å². The lowest BCUT2D eigenvalue weighted by Crippen LogP contribution is -2.31. The highest BCUT2D eigenvalue weighted by Gasteiger charge is 2.18. The Morgan fingerprint density at radius 3 is 2.79 bits per heavy atom. The van der Waals surface area contributed by atoms with Crippen LogP contribution in [-0.4, -0.2) is 48.1 Å². The first-order valence-electron chi connectivity index (χ1n) is 6.15. The predicted octanol–water partition coefficient (Wildman–Crippen LogP) is 1.29. The Morgan fingerprint density at radius 2 is 2.21 bits per heavy atom. The molecular formula is C13H17N3O3. The quantitative estimate of drug-likeness (QED) is 0.477. The molecule has 1 fully saturated rings. The van der Waals surface area contributed by atoms with Crippen LogP contribution >= 0.6 is 0 Å². The third kappa shape index (κ3) is 3.37. The number of amides is 2. The summed E-state index contributed by atoms with van der Waals surface area (Å²) in [6, 6.07) is 7.25. The Hall–Kier alpha value is -2.24. The van der Waals surface area contributed by atoms with Crippen LogP contribution in [-0.2, 0) is 0 Å². The summed E-state index contributed by atoms with van der Waals surface area (Å²) in [5.41, 5.74) is 1.40. The molecule has 102 valence electrons. The number of hydrogen-bond donors (Lipinski definition) is 2. The topological polar surface area (TPSA) is 74.2 Å². The second kappa shape index (κ2) is 6.08. The monoisotopic (exact) mass is 263 g/mol. The SMILES string of the molecule is C/C(=N\O)c1ccc(OCCN2CCNC2=O)cc1. The summed E-state index contributed by atoms with van der Waals surface area (Å²) in [6.45, 7) is 4.19. The lowest BCUT2D eigenvalue weighted by Gasteiger charge is -2.14. The van der Waals surface area contributed by atoms with Gasteiger partial charge >= 0.3 is 6.03 Å². The van der Waals surface area contributed by atoms with Crippen molar-refractivity contribution in [1.29, 1.82) is 0 Å². The van der Waals surface area contributed by atoms with Gasteiger partial charge in [-0.2, -0.15) is 0 Å². The normalized spacial score (nSPS) is 15.5. The van der Waals surface area contributed by atoms with Gasteiger partial charge in [0, 0.05) is 13.1 Å². The van der Waals surface area contributed by atoms with Crippen LogP contribution in [0.1, 0.15) is 12.5 Å². The number of rotatable bonds is 5. The van der Waals surface area contributed by atoms with Crippen molar-refractivity contribution >= 4 is 11.7 Å². The number of ether oxygens (including phenoxy) is 1. The first-order valence-corrected chi connectivity index (χ1v) is 6.15. The van der Waals surface area contributed by atoms with E-state index in [9.17, 15) is 4.79 Å². The van der Waals surface area contributed by atoms with E-state index in [4.69, 9.17) is 9.94 Å². The second-order valence-electron chi connectivity index (χ2n) is 4.28. The summed E-state index contributed by atoms with van der Waals surface area (Å²) in [5, 5.41) is 14.5. The number of hydrogen-bond acceptors (Lipinski definition) is 4. The van der Waals surface area contributed by atoms with E-state index >= 15 is 0 Å². The first-order chi connectivity index (χ1) is 9.20. The van der Waals surface area contributed by atoms with Gasteiger partial charge < -0.3 is 20.2 Å². The van der Waals surface area contributed by atoms with Gasteiger partial charge in [0.2, 0.25) is 0 Å². The zero-order valence-electron chi connectivity index (χ0n) is 10.8. The summed E-state index contributed by atoms with van der Waals surface area (Å²) >= 11 is 0. The van der Waals surface area contributed by atoms with Crippen LogP contribution < -0.4 is 10.1 Å². The van der Waals surface area contributed by atoms with Crippen molar-refractivity contribution in [3.63, 3.8) is 0 Å². The van der Waals surface area contributed by atoms with Crippen LogP contribution in [0.25, 0.3) is 0 Å². The highest BCUT2D eigenvalue weighted by atomic mass is 16.5. The first kappa shape index (κ1) is 13.2. The fourth-order valence-corrected chi connectivity index (χ4v) is 1.85. The molecule has 0 radical (unpaired) electrons. The van der Waals surface area contributed by atoms with Crippen LogP contribution in [0, 0.1) is 0 Å². The smallest absolute Gasteiger partial charge is 0.317 e. The largest absolute Gasteiger partial charge is 0.492 e. The molecule has 1 heterocycles. The molecule has 2 N–H and O–H groups in total. The van der Waals surface area contributed by atoms with Crippen molar-refractivity contribution in [2.24, 2.45) is 5.16 Å².